The fourth-order valence-corrected chi connectivity index (χ4v) is 0.715. The maximum absolute atomic E-state index is 8.85. The van der Waals surface area contributed by atoms with Gasteiger partial charge in [0.1, 0.15) is 0 Å². The van der Waals surface area contributed by atoms with Crippen LogP contribution in [-0.4, -0.2) is 43.9 Å². The summed E-state index contributed by atoms with van der Waals surface area (Å²) in [7, 11) is 0. The fourth-order valence-electron chi connectivity index (χ4n) is 0.715. The minimum Gasteiger partial charge on any atom is -0.392 e. The summed E-state index contributed by atoms with van der Waals surface area (Å²) in [6, 6.07) is 0. The van der Waals surface area contributed by atoms with E-state index in [-0.39, 0.29) is 13.5 Å². The Bertz CT molecular complexity index is 78.7. The molecule has 0 amide bonds. The molecule has 0 aliphatic heterocycles. The van der Waals surface area contributed by atoms with Gasteiger partial charge in [-0.15, -0.1) is 0 Å². The Balaban J connectivity index is 0. The lowest BCUT2D eigenvalue weighted by Crippen LogP contribution is -2.33. The largest absolute Gasteiger partial charge is 0.392 e. The smallest absolute Gasteiger partial charge is 0.0636 e. The Morgan fingerprint density at radius 1 is 1.25 bits per heavy atom. The fraction of sp³-hybridized carbons (Fsp3) is 0.875. The molecule has 0 spiro atoms. The van der Waals surface area contributed by atoms with Gasteiger partial charge in [-0.2, -0.15) is 0 Å². The number of aliphatic hydroxyl groups is 1. The molecular formula is C8H19N3O. The number of nitrogens with two attached hydrogens (primary N) is 1. The molecule has 0 rings (SSSR count). The van der Waals surface area contributed by atoms with Gasteiger partial charge in [0.2, 0.25) is 0 Å². The predicted molar refractivity (Wildman–Crippen MR) is 49.7 cm³/mol. The highest BCUT2D eigenvalue weighted by atomic mass is 16.3. The van der Waals surface area contributed by atoms with Crippen molar-refractivity contribution in [2.24, 2.45) is 5.73 Å². The lowest BCUT2D eigenvalue weighted by molar-refractivity contribution is 0.191. The van der Waals surface area contributed by atoms with E-state index in [1.54, 1.807) is 6.92 Å². The number of hydrogen-bond acceptors (Lipinski definition) is 4. The number of aliphatic hydroxyl groups excluding tert-OH is 1. The van der Waals surface area contributed by atoms with Gasteiger partial charge in [0.15, 0.2) is 0 Å². The molecule has 1 unspecified atom stereocenters. The molecule has 12 heavy (non-hydrogen) atoms. The second-order valence-corrected chi connectivity index (χ2v) is 2.59. The van der Waals surface area contributed by atoms with Crippen molar-refractivity contribution in [2.75, 3.05) is 32.7 Å². The first kappa shape index (κ1) is 14.4. The zero-order valence-electron chi connectivity index (χ0n) is 7.64. The highest BCUT2D eigenvalue weighted by Crippen LogP contribution is 1.72. The standard InChI is InChI=1S/C7H19N3O.C/c1-7(11)6-10-5-4-9-3-2-8;/h7,9-11H,2-6,8H2,1H3;. The average molecular weight is 173 g/mol. The summed E-state index contributed by atoms with van der Waals surface area (Å²) in [5, 5.41) is 15.1. The van der Waals surface area contributed by atoms with Crippen molar-refractivity contribution in [1.82, 2.24) is 10.6 Å². The molecule has 0 heterocycles. The molecule has 0 aromatic rings. The van der Waals surface area contributed by atoms with Crippen molar-refractivity contribution in [2.45, 2.75) is 13.0 Å². The van der Waals surface area contributed by atoms with Crippen LogP contribution in [0, 0.1) is 7.43 Å². The third-order valence-corrected chi connectivity index (χ3v) is 1.24. The summed E-state index contributed by atoms with van der Waals surface area (Å²) in [5.74, 6) is 0. The van der Waals surface area contributed by atoms with E-state index < -0.39 is 0 Å². The van der Waals surface area contributed by atoms with Crippen LogP contribution in [0.1, 0.15) is 6.92 Å². The molecule has 0 aromatic heterocycles. The summed E-state index contributed by atoms with van der Waals surface area (Å²) in [6.07, 6.45) is -0.260. The number of nitrogens with one attached hydrogen (secondary N) is 2. The van der Waals surface area contributed by atoms with E-state index in [4.69, 9.17) is 10.8 Å². The van der Waals surface area contributed by atoms with Crippen molar-refractivity contribution in [3.05, 3.63) is 7.43 Å². The molecule has 0 saturated carbocycles. The molecule has 0 aliphatic carbocycles. The normalized spacial score (nSPS) is 12.2. The van der Waals surface area contributed by atoms with E-state index in [1.807, 2.05) is 0 Å². The van der Waals surface area contributed by atoms with Gasteiger partial charge in [0.05, 0.1) is 6.10 Å². The molecule has 0 aromatic carbocycles. The van der Waals surface area contributed by atoms with Crippen molar-refractivity contribution >= 4 is 0 Å². The SMILES string of the molecule is CC(O)CNCCNCCN.[C]. The Kier molecular flexibility index (Phi) is 13.0. The summed E-state index contributed by atoms with van der Waals surface area (Å²) >= 11 is 0. The topological polar surface area (TPSA) is 70.3 Å². The molecule has 1 atom stereocenters. The maximum atomic E-state index is 8.85. The van der Waals surface area contributed by atoms with Crippen LogP contribution in [0.15, 0.2) is 0 Å². The lowest BCUT2D eigenvalue weighted by Gasteiger charge is -2.06. The first-order chi connectivity index (χ1) is 5.27. The molecule has 0 fully saturated rings. The van der Waals surface area contributed by atoms with Crippen LogP contribution >= 0.6 is 0 Å². The number of hydrogen-bond donors (Lipinski definition) is 4. The Hall–Kier alpha value is -0.160. The maximum Gasteiger partial charge on any atom is 0.0636 e. The van der Waals surface area contributed by atoms with Gasteiger partial charge >= 0.3 is 0 Å². The summed E-state index contributed by atoms with van der Waals surface area (Å²) in [4.78, 5) is 0. The minimum absolute atomic E-state index is 0. The highest BCUT2D eigenvalue weighted by molar-refractivity contribution is 4.55. The van der Waals surface area contributed by atoms with E-state index >= 15 is 0 Å². The quantitative estimate of drug-likeness (QED) is 0.357. The zero-order valence-corrected chi connectivity index (χ0v) is 7.64. The van der Waals surface area contributed by atoms with Crippen molar-refractivity contribution in [3.8, 4) is 0 Å². The van der Waals surface area contributed by atoms with Gasteiger partial charge in [-0.1, -0.05) is 0 Å². The molecule has 72 valence electrons. The summed E-state index contributed by atoms with van der Waals surface area (Å²) < 4.78 is 0. The van der Waals surface area contributed by atoms with Crippen molar-refractivity contribution in [3.63, 3.8) is 0 Å². The highest BCUT2D eigenvalue weighted by Gasteiger charge is 1.92. The summed E-state index contributed by atoms with van der Waals surface area (Å²) in [5.41, 5.74) is 5.27. The molecule has 0 bridgehead atoms. The van der Waals surface area contributed by atoms with Crippen LogP contribution in [0.3, 0.4) is 0 Å². The molecule has 5 N–H and O–H groups in total. The second-order valence-electron chi connectivity index (χ2n) is 2.59. The Morgan fingerprint density at radius 2 is 1.83 bits per heavy atom. The van der Waals surface area contributed by atoms with Crippen LogP contribution in [0.25, 0.3) is 0 Å². The van der Waals surface area contributed by atoms with Crippen LogP contribution in [-0.2, 0) is 0 Å². The van der Waals surface area contributed by atoms with Crippen LogP contribution in [0.4, 0.5) is 0 Å². The summed E-state index contributed by atoms with van der Waals surface area (Å²) in [6.45, 7) is 5.74. The lowest BCUT2D eigenvalue weighted by atomic mass is 10.4. The molecular weight excluding hydrogens is 154 g/mol. The first-order valence-electron chi connectivity index (χ1n) is 4.07. The van der Waals surface area contributed by atoms with Gasteiger partial charge in [0.25, 0.3) is 0 Å². The first-order valence-corrected chi connectivity index (χ1v) is 4.07. The molecule has 4 heteroatoms. The molecule has 0 aliphatic rings. The zero-order chi connectivity index (χ0) is 8.53. The van der Waals surface area contributed by atoms with E-state index in [0.717, 1.165) is 19.6 Å². The van der Waals surface area contributed by atoms with Crippen LogP contribution < -0.4 is 16.4 Å². The molecule has 4 nitrogen and oxygen atoms in total. The van der Waals surface area contributed by atoms with Gasteiger partial charge in [-0.05, 0) is 6.92 Å². The van der Waals surface area contributed by atoms with Gasteiger partial charge in [0, 0.05) is 40.2 Å². The average Bonchev–Trinajstić information content (AvgIpc) is 1.96. The third-order valence-electron chi connectivity index (χ3n) is 1.24. The molecule has 4 radical (unpaired) electrons. The van der Waals surface area contributed by atoms with Crippen molar-refractivity contribution in [1.29, 1.82) is 0 Å². The van der Waals surface area contributed by atoms with Gasteiger partial charge in [-0.3, -0.25) is 0 Å². The monoisotopic (exact) mass is 173 g/mol. The van der Waals surface area contributed by atoms with Crippen molar-refractivity contribution < 1.29 is 5.11 Å². The van der Waals surface area contributed by atoms with Gasteiger partial charge < -0.3 is 21.5 Å². The predicted octanol–water partition coefficient (Wildman–Crippen LogP) is -1.41. The van der Waals surface area contributed by atoms with E-state index in [0.29, 0.717) is 13.1 Å². The number of rotatable bonds is 7. The van der Waals surface area contributed by atoms with E-state index in [9.17, 15) is 0 Å². The van der Waals surface area contributed by atoms with E-state index in [1.165, 1.54) is 0 Å². The minimum atomic E-state index is -0.260. The Labute approximate surface area is 75.5 Å². The third kappa shape index (κ3) is 12.5. The van der Waals surface area contributed by atoms with E-state index in [2.05, 4.69) is 10.6 Å². The van der Waals surface area contributed by atoms with Gasteiger partial charge in [-0.25, -0.2) is 0 Å². The van der Waals surface area contributed by atoms with Crippen LogP contribution in [0.5, 0.6) is 0 Å². The van der Waals surface area contributed by atoms with Crippen LogP contribution in [0.2, 0.25) is 0 Å². The molecule has 0 saturated heterocycles. The second kappa shape index (κ2) is 10.8. The Morgan fingerprint density at radius 3 is 2.33 bits per heavy atom.